The lowest BCUT2D eigenvalue weighted by Gasteiger charge is -2.30. The third-order valence-corrected chi connectivity index (χ3v) is 9.27. The molecule has 0 aliphatic carbocycles. The molecule has 0 bridgehead atoms. The topological polar surface area (TPSA) is 128 Å². The molecule has 0 radical (unpaired) electrons. The molecule has 2 N–H and O–H groups in total. The molecular weight excluding hydrogens is 632 g/mol. The first-order chi connectivity index (χ1) is 23.8. The molecule has 11 heteroatoms. The van der Waals surface area contributed by atoms with Gasteiger partial charge < -0.3 is 25.0 Å². The number of nitrogens with one attached hydrogen (secondary N) is 2. The van der Waals surface area contributed by atoms with Crippen molar-refractivity contribution in [3.63, 3.8) is 0 Å². The summed E-state index contributed by atoms with van der Waals surface area (Å²) in [7, 11) is 1.90. The van der Waals surface area contributed by atoms with Crippen molar-refractivity contribution in [3.05, 3.63) is 54.1 Å². The molecule has 0 saturated heterocycles. The van der Waals surface area contributed by atoms with Crippen LogP contribution in [0.3, 0.4) is 0 Å². The first-order valence-corrected chi connectivity index (χ1v) is 17.9. The predicted octanol–water partition coefficient (Wildman–Crippen LogP) is 5.81. The summed E-state index contributed by atoms with van der Waals surface area (Å²) >= 11 is 0. The molecular formula is C39H56N6O5. The van der Waals surface area contributed by atoms with Crippen molar-refractivity contribution in [2.75, 3.05) is 44.9 Å². The van der Waals surface area contributed by atoms with Gasteiger partial charge in [-0.05, 0) is 51.8 Å². The Hall–Kier alpha value is -3.93. The van der Waals surface area contributed by atoms with Crippen LogP contribution in [0, 0.1) is 11.3 Å². The molecule has 1 aliphatic heterocycles. The maximum Gasteiger partial charge on any atom is 0.227 e. The van der Waals surface area contributed by atoms with Crippen LogP contribution in [0.4, 0.5) is 5.69 Å². The predicted molar refractivity (Wildman–Crippen MR) is 197 cm³/mol. The Morgan fingerprint density at radius 3 is 2.36 bits per heavy atom. The zero-order valence-electron chi connectivity index (χ0n) is 31.0. The number of carbonyl (C=O) groups is 3. The Balaban J connectivity index is 1.39. The fourth-order valence-electron chi connectivity index (χ4n) is 6.29. The van der Waals surface area contributed by atoms with Crippen molar-refractivity contribution < 1.29 is 23.9 Å². The summed E-state index contributed by atoms with van der Waals surface area (Å²) in [6.07, 6.45) is 2.15. The van der Waals surface area contributed by atoms with Crippen molar-refractivity contribution in [3.8, 4) is 22.5 Å². The molecule has 0 saturated carbocycles. The van der Waals surface area contributed by atoms with Crippen LogP contribution in [0.1, 0.15) is 79.2 Å². The number of rotatable bonds is 19. The normalized spacial score (nSPS) is 12.9. The molecule has 0 spiro atoms. The van der Waals surface area contributed by atoms with Crippen LogP contribution in [0.15, 0.2) is 48.5 Å². The Kier molecular flexibility index (Phi) is 13.9. The number of hydrogen-bond acceptors (Lipinski definition) is 8. The number of ether oxygens (including phenoxy) is 2. The van der Waals surface area contributed by atoms with E-state index in [2.05, 4.69) is 20.9 Å². The minimum Gasteiger partial charge on any atom is -0.380 e. The lowest BCUT2D eigenvalue weighted by atomic mass is 9.80. The van der Waals surface area contributed by atoms with E-state index in [0.29, 0.717) is 52.3 Å². The largest absolute Gasteiger partial charge is 0.380 e. The van der Waals surface area contributed by atoms with Gasteiger partial charge in [0.05, 0.1) is 30.1 Å². The van der Waals surface area contributed by atoms with E-state index < -0.39 is 11.0 Å². The number of aryl methyl sites for hydroxylation is 1. The summed E-state index contributed by atoms with van der Waals surface area (Å²) in [5.74, 6) is -0.0988. The van der Waals surface area contributed by atoms with E-state index in [1.165, 1.54) is 0 Å². The SMILES string of the molecule is CNCCOCCCn1nnc2c1-c1ccccc1N(C(=O)CCC(=O)NCCC(C)(C)OCCC(C)(C)C(=O)C(C)C)Cc1ccccc1-2. The zero-order chi connectivity index (χ0) is 36.3. The molecule has 0 atom stereocenters. The summed E-state index contributed by atoms with van der Waals surface area (Å²) in [5, 5.41) is 15.2. The molecule has 1 aromatic heterocycles. The molecule has 4 rings (SSSR count). The monoisotopic (exact) mass is 688 g/mol. The molecule has 2 aromatic carbocycles. The summed E-state index contributed by atoms with van der Waals surface area (Å²) < 4.78 is 13.8. The Bertz CT molecular complexity index is 1600. The fourth-order valence-corrected chi connectivity index (χ4v) is 6.29. The Labute approximate surface area is 297 Å². The number of para-hydroxylation sites is 1. The van der Waals surface area contributed by atoms with Crippen molar-refractivity contribution in [2.24, 2.45) is 11.3 Å². The van der Waals surface area contributed by atoms with Crippen LogP contribution in [0.25, 0.3) is 22.5 Å². The number of anilines is 1. The number of benzene rings is 2. The number of hydrogen-bond donors (Lipinski definition) is 2. The van der Waals surface area contributed by atoms with E-state index >= 15 is 0 Å². The highest BCUT2D eigenvalue weighted by atomic mass is 16.5. The smallest absolute Gasteiger partial charge is 0.227 e. The fraction of sp³-hybridized carbons (Fsp3) is 0.564. The van der Waals surface area contributed by atoms with Gasteiger partial charge in [-0.2, -0.15) is 0 Å². The van der Waals surface area contributed by atoms with Crippen LogP contribution in [-0.4, -0.2) is 78.2 Å². The quantitative estimate of drug-likeness (QED) is 0.151. The van der Waals surface area contributed by atoms with Crippen LogP contribution in [0.5, 0.6) is 0 Å². The first kappa shape index (κ1) is 38.9. The minimum atomic E-state index is -0.471. The average molecular weight is 689 g/mol. The summed E-state index contributed by atoms with van der Waals surface area (Å²) in [4.78, 5) is 41.2. The van der Waals surface area contributed by atoms with Gasteiger partial charge in [-0.3, -0.25) is 14.4 Å². The number of ketones is 1. The van der Waals surface area contributed by atoms with Gasteiger partial charge in [0.2, 0.25) is 11.8 Å². The van der Waals surface area contributed by atoms with Crippen molar-refractivity contribution in [2.45, 2.75) is 92.3 Å². The molecule has 11 nitrogen and oxygen atoms in total. The van der Waals surface area contributed by atoms with Crippen molar-refractivity contribution in [1.29, 1.82) is 0 Å². The van der Waals surface area contributed by atoms with Gasteiger partial charge in [0.25, 0.3) is 0 Å². The number of carbonyl (C=O) groups excluding carboxylic acids is 3. The maximum absolute atomic E-state index is 13.9. The molecule has 3 aromatic rings. The van der Waals surface area contributed by atoms with Gasteiger partial charge in [0.1, 0.15) is 11.5 Å². The second-order valence-electron chi connectivity index (χ2n) is 14.6. The van der Waals surface area contributed by atoms with Gasteiger partial charge in [0.15, 0.2) is 0 Å². The van der Waals surface area contributed by atoms with E-state index in [9.17, 15) is 14.4 Å². The maximum atomic E-state index is 13.9. The number of aromatic nitrogens is 3. The Morgan fingerprint density at radius 1 is 0.900 bits per heavy atom. The zero-order valence-corrected chi connectivity index (χ0v) is 31.0. The third-order valence-electron chi connectivity index (χ3n) is 9.27. The van der Waals surface area contributed by atoms with Gasteiger partial charge in [-0.25, -0.2) is 4.68 Å². The molecule has 2 heterocycles. The number of amides is 2. The second-order valence-corrected chi connectivity index (χ2v) is 14.6. The molecule has 0 unspecified atom stereocenters. The summed E-state index contributed by atoms with van der Waals surface area (Å²) in [6.45, 7) is 15.7. The van der Waals surface area contributed by atoms with E-state index in [0.717, 1.165) is 46.7 Å². The van der Waals surface area contributed by atoms with Crippen LogP contribution in [0.2, 0.25) is 0 Å². The van der Waals surface area contributed by atoms with Crippen LogP contribution in [-0.2, 0) is 36.9 Å². The molecule has 272 valence electrons. The number of fused-ring (bicyclic) bond motifs is 5. The molecule has 50 heavy (non-hydrogen) atoms. The second kappa shape index (κ2) is 17.8. The van der Waals surface area contributed by atoms with Crippen LogP contribution < -0.4 is 15.5 Å². The average Bonchev–Trinajstić information content (AvgIpc) is 3.49. The lowest BCUT2D eigenvalue weighted by molar-refractivity contribution is -0.132. The van der Waals surface area contributed by atoms with Crippen molar-refractivity contribution in [1.82, 2.24) is 25.6 Å². The highest BCUT2D eigenvalue weighted by Crippen LogP contribution is 2.41. The van der Waals surface area contributed by atoms with Gasteiger partial charge >= 0.3 is 0 Å². The lowest BCUT2D eigenvalue weighted by Crippen LogP contribution is -2.36. The molecule has 2 amide bonds. The Morgan fingerprint density at radius 2 is 1.62 bits per heavy atom. The molecule has 1 aliphatic rings. The summed E-state index contributed by atoms with van der Waals surface area (Å²) in [6, 6.07) is 15.8. The van der Waals surface area contributed by atoms with E-state index in [-0.39, 0.29) is 36.4 Å². The standard InChI is InChI=1S/C39H56N6O5/c1-28(2)37(48)38(3,4)20-25-50-39(5,6)19-21-41-33(46)17-18-34(47)44-27-29-13-8-9-14-30(29)35-36(31-15-10-11-16-32(31)44)45(43-42-35)23-12-24-49-26-22-40-7/h8-11,13-16,28,40H,12,17-27H2,1-7H3,(H,41,46). The van der Waals surface area contributed by atoms with E-state index in [1.54, 1.807) is 4.90 Å². The number of Topliss-reactive ketones (excluding diaryl/α,β-unsaturated/α-hetero) is 1. The van der Waals surface area contributed by atoms with Gasteiger partial charge in [-0.15, -0.1) is 5.10 Å². The van der Waals surface area contributed by atoms with Gasteiger partial charge in [0, 0.05) is 68.1 Å². The third kappa shape index (κ3) is 10.3. The highest BCUT2D eigenvalue weighted by molar-refractivity contribution is 6.01. The number of nitrogens with zero attached hydrogens (tertiary/aromatic N) is 4. The number of likely N-dealkylation sites (N-methyl/N-ethyl adjacent to an activating group) is 1. The first-order valence-electron chi connectivity index (χ1n) is 17.9. The summed E-state index contributed by atoms with van der Waals surface area (Å²) in [5.41, 5.74) is 4.26. The molecule has 0 fully saturated rings. The van der Waals surface area contributed by atoms with E-state index in [4.69, 9.17) is 9.47 Å². The van der Waals surface area contributed by atoms with Crippen LogP contribution >= 0.6 is 0 Å². The van der Waals surface area contributed by atoms with Gasteiger partial charge in [-0.1, -0.05) is 75.4 Å². The minimum absolute atomic E-state index is 0.0154. The highest BCUT2D eigenvalue weighted by Gasteiger charge is 2.31. The van der Waals surface area contributed by atoms with Crippen molar-refractivity contribution >= 4 is 23.3 Å². The van der Waals surface area contributed by atoms with E-state index in [1.807, 2.05) is 102 Å².